The first-order valence-electron chi connectivity index (χ1n) is 5.31. The summed E-state index contributed by atoms with van der Waals surface area (Å²) < 4.78 is 6.14. The van der Waals surface area contributed by atoms with Gasteiger partial charge in [-0.3, -0.25) is 0 Å². The van der Waals surface area contributed by atoms with Crippen LogP contribution in [0.25, 0.3) is 0 Å². The number of nitrogens with zero attached hydrogens (tertiary/aromatic N) is 2. The molecule has 0 saturated heterocycles. The minimum atomic E-state index is 0.408. The molecule has 2 aromatic rings. The summed E-state index contributed by atoms with van der Waals surface area (Å²) >= 11 is 10.8. The highest BCUT2D eigenvalue weighted by Crippen LogP contribution is 2.29. The molecule has 0 bridgehead atoms. The lowest BCUT2D eigenvalue weighted by Gasteiger charge is -2.09. The third kappa shape index (κ3) is 3.75. The van der Waals surface area contributed by atoms with Crippen LogP contribution in [0.2, 0.25) is 5.15 Å². The van der Waals surface area contributed by atoms with Crippen molar-refractivity contribution in [3.05, 3.63) is 33.9 Å². The Hall–Kier alpha value is -0.980. The van der Waals surface area contributed by atoms with Crippen LogP contribution in [-0.2, 0) is 0 Å². The van der Waals surface area contributed by atoms with Crippen LogP contribution in [0.1, 0.15) is 0 Å². The lowest BCUT2D eigenvalue weighted by molar-refractivity contribution is 0.412. The van der Waals surface area contributed by atoms with Crippen LogP contribution in [0.4, 0.5) is 11.5 Å². The number of methoxy groups -OCH3 is 1. The van der Waals surface area contributed by atoms with Gasteiger partial charge in [-0.2, -0.15) is 0 Å². The van der Waals surface area contributed by atoms with Crippen LogP contribution in [-0.4, -0.2) is 23.3 Å². The first-order chi connectivity index (χ1) is 9.12. The van der Waals surface area contributed by atoms with Crippen molar-refractivity contribution in [2.75, 3.05) is 18.7 Å². The quantitative estimate of drug-likeness (QED) is 0.498. The summed E-state index contributed by atoms with van der Waals surface area (Å²) in [7, 11) is 1.62. The fraction of sp³-hybridized carbons (Fsp3) is 0.167. The Morgan fingerprint density at radius 1 is 1.32 bits per heavy atom. The number of benzene rings is 1. The molecular formula is C12H11BrClN3OS. The molecule has 0 saturated carbocycles. The number of hydrogen-bond donors (Lipinski definition) is 1. The average Bonchev–Trinajstić information content (AvgIpc) is 2.40. The van der Waals surface area contributed by atoms with E-state index >= 15 is 0 Å². The Kier molecular flexibility index (Phi) is 4.90. The number of anilines is 2. The van der Waals surface area contributed by atoms with Crippen molar-refractivity contribution >= 4 is 50.8 Å². The van der Waals surface area contributed by atoms with Gasteiger partial charge in [-0.1, -0.05) is 23.4 Å². The molecule has 7 heteroatoms. The largest absolute Gasteiger partial charge is 0.495 e. The maximum atomic E-state index is 5.94. The highest BCUT2D eigenvalue weighted by atomic mass is 79.9. The molecule has 4 nitrogen and oxygen atoms in total. The minimum absolute atomic E-state index is 0.408. The number of thioether (sulfide) groups is 1. The molecule has 1 aromatic carbocycles. The predicted octanol–water partition coefficient (Wildman–Crippen LogP) is 4.37. The number of hydrogen-bond acceptors (Lipinski definition) is 5. The molecule has 0 spiro atoms. The van der Waals surface area contributed by atoms with E-state index in [0.717, 1.165) is 15.9 Å². The lowest BCUT2D eigenvalue weighted by atomic mass is 10.3. The average molecular weight is 361 g/mol. The van der Waals surface area contributed by atoms with E-state index < -0.39 is 0 Å². The van der Waals surface area contributed by atoms with E-state index in [-0.39, 0.29) is 0 Å². The number of halogens is 2. The van der Waals surface area contributed by atoms with Crippen molar-refractivity contribution in [1.82, 2.24) is 9.97 Å². The van der Waals surface area contributed by atoms with Gasteiger partial charge in [-0.05, 0) is 34.3 Å². The Labute approximate surface area is 129 Å². The van der Waals surface area contributed by atoms with Crippen molar-refractivity contribution in [3.8, 4) is 5.75 Å². The third-order valence-electron chi connectivity index (χ3n) is 2.28. The number of nitrogens with one attached hydrogen (secondary N) is 1. The summed E-state index contributed by atoms with van der Waals surface area (Å²) in [5, 5.41) is 4.20. The van der Waals surface area contributed by atoms with Crippen LogP contribution in [0.15, 0.2) is 33.9 Å². The summed E-state index contributed by atoms with van der Waals surface area (Å²) in [6, 6.07) is 7.37. The van der Waals surface area contributed by atoms with E-state index in [1.165, 1.54) is 11.8 Å². The molecule has 0 atom stereocenters. The van der Waals surface area contributed by atoms with Crippen molar-refractivity contribution in [2.45, 2.75) is 5.16 Å². The van der Waals surface area contributed by atoms with Crippen LogP contribution in [0, 0.1) is 0 Å². The van der Waals surface area contributed by atoms with E-state index in [1.807, 2.05) is 24.5 Å². The highest BCUT2D eigenvalue weighted by Gasteiger charge is 2.05. The molecule has 0 radical (unpaired) electrons. The van der Waals surface area contributed by atoms with Gasteiger partial charge in [0.25, 0.3) is 0 Å². The topological polar surface area (TPSA) is 47.0 Å². The second kappa shape index (κ2) is 6.45. The van der Waals surface area contributed by atoms with Crippen molar-refractivity contribution < 1.29 is 4.74 Å². The Bertz CT molecular complexity index is 597. The summed E-state index contributed by atoms with van der Waals surface area (Å²) in [5.74, 6) is 1.39. The molecule has 100 valence electrons. The van der Waals surface area contributed by atoms with Gasteiger partial charge in [-0.25, -0.2) is 9.97 Å². The third-order valence-corrected chi connectivity index (χ3v) is 3.68. The summed E-state index contributed by atoms with van der Waals surface area (Å²) in [4.78, 5) is 8.42. The lowest BCUT2D eigenvalue weighted by Crippen LogP contribution is -1.97. The fourth-order valence-corrected chi connectivity index (χ4v) is 2.46. The van der Waals surface area contributed by atoms with E-state index in [9.17, 15) is 0 Å². The smallest absolute Gasteiger partial charge is 0.190 e. The maximum Gasteiger partial charge on any atom is 0.190 e. The van der Waals surface area contributed by atoms with Crippen molar-refractivity contribution in [1.29, 1.82) is 0 Å². The van der Waals surface area contributed by atoms with Gasteiger partial charge in [0, 0.05) is 17.8 Å². The van der Waals surface area contributed by atoms with Gasteiger partial charge < -0.3 is 10.1 Å². The standard InChI is InChI=1S/C12H11BrClN3OS/c1-18-9-5-7(3-4-8(9)13)15-11-6-10(14)16-12(17-11)19-2/h3-6H,1-2H3,(H,15,16,17). The molecule has 0 aliphatic rings. The molecule has 0 aliphatic carbocycles. The first-order valence-corrected chi connectivity index (χ1v) is 7.71. The molecule has 0 aliphatic heterocycles. The zero-order valence-electron chi connectivity index (χ0n) is 10.3. The zero-order valence-corrected chi connectivity index (χ0v) is 13.4. The Morgan fingerprint density at radius 2 is 2.11 bits per heavy atom. The van der Waals surface area contributed by atoms with Gasteiger partial charge in [0.2, 0.25) is 0 Å². The maximum absolute atomic E-state index is 5.94. The van der Waals surface area contributed by atoms with Gasteiger partial charge in [0.1, 0.15) is 16.7 Å². The minimum Gasteiger partial charge on any atom is -0.495 e. The van der Waals surface area contributed by atoms with Crippen LogP contribution in [0.3, 0.4) is 0 Å². The van der Waals surface area contributed by atoms with Crippen molar-refractivity contribution in [2.24, 2.45) is 0 Å². The highest BCUT2D eigenvalue weighted by molar-refractivity contribution is 9.10. The molecular weight excluding hydrogens is 350 g/mol. The molecule has 0 unspecified atom stereocenters. The molecule has 0 fully saturated rings. The number of aromatic nitrogens is 2. The van der Waals surface area contributed by atoms with E-state index in [4.69, 9.17) is 16.3 Å². The second-order valence-electron chi connectivity index (χ2n) is 3.54. The molecule has 1 aromatic heterocycles. The van der Waals surface area contributed by atoms with Crippen molar-refractivity contribution in [3.63, 3.8) is 0 Å². The molecule has 2 rings (SSSR count). The van der Waals surface area contributed by atoms with Crippen LogP contribution >= 0.6 is 39.3 Å². The summed E-state index contributed by atoms with van der Waals surface area (Å²) in [6.45, 7) is 0. The van der Waals surface area contributed by atoms with Gasteiger partial charge in [-0.15, -0.1) is 0 Å². The molecule has 19 heavy (non-hydrogen) atoms. The van der Waals surface area contributed by atoms with E-state index in [2.05, 4.69) is 31.2 Å². The van der Waals surface area contributed by atoms with Gasteiger partial charge in [0.05, 0.1) is 11.6 Å². The molecule has 0 amide bonds. The molecule has 1 N–H and O–H groups in total. The number of ether oxygens (including phenoxy) is 1. The van der Waals surface area contributed by atoms with Crippen LogP contribution < -0.4 is 10.1 Å². The first kappa shape index (κ1) is 14.4. The molecule has 1 heterocycles. The predicted molar refractivity (Wildman–Crippen MR) is 82.8 cm³/mol. The van der Waals surface area contributed by atoms with Gasteiger partial charge >= 0.3 is 0 Å². The normalized spacial score (nSPS) is 10.3. The fourth-order valence-electron chi connectivity index (χ4n) is 1.44. The number of rotatable bonds is 4. The summed E-state index contributed by atoms with van der Waals surface area (Å²) in [6.07, 6.45) is 1.90. The van der Waals surface area contributed by atoms with E-state index in [1.54, 1.807) is 13.2 Å². The van der Waals surface area contributed by atoms with Crippen LogP contribution in [0.5, 0.6) is 5.75 Å². The second-order valence-corrected chi connectivity index (χ2v) is 5.55. The Morgan fingerprint density at radius 3 is 2.79 bits per heavy atom. The Balaban J connectivity index is 2.28. The monoisotopic (exact) mass is 359 g/mol. The van der Waals surface area contributed by atoms with Gasteiger partial charge in [0.15, 0.2) is 5.16 Å². The van der Waals surface area contributed by atoms with E-state index in [0.29, 0.717) is 16.1 Å². The zero-order chi connectivity index (χ0) is 13.8. The summed E-state index contributed by atoms with van der Waals surface area (Å²) in [5.41, 5.74) is 0.863. The SMILES string of the molecule is COc1cc(Nc2cc(Cl)nc(SC)n2)ccc1Br.